The molecular formula is C18H18N4O3. The van der Waals surface area contributed by atoms with Gasteiger partial charge in [0.05, 0.1) is 17.8 Å². The molecule has 0 bridgehead atoms. The van der Waals surface area contributed by atoms with Gasteiger partial charge in [-0.2, -0.15) is 0 Å². The van der Waals surface area contributed by atoms with Crippen molar-refractivity contribution >= 4 is 28.9 Å². The van der Waals surface area contributed by atoms with Crippen LogP contribution in [-0.2, 0) is 4.79 Å². The topological polar surface area (TPSA) is 84.4 Å². The second kappa shape index (κ2) is 6.72. The van der Waals surface area contributed by atoms with Gasteiger partial charge >= 0.3 is 0 Å². The van der Waals surface area contributed by atoms with Gasteiger partial charge in [0.25, 0.3) is 5.91 Å². The Hall–Kier alpha value is -3.22. The maximum Gasteiger partial charge on any atom is 0.250 e. The van der Waals surface area contributed by atoms with E-state index in [4.69, 9.17) is 4.74 Å². The fraction of sp³-hybridized carbons (Fsp3) is 0.222. The molecule has 7 nitrogen and oxygen atoms in total. The molecule has 3 rings (SSSR count). The SMILES string of the molecule is C=CC(=O)N1CCOc2ccc(Nc3nc(C)ncc3C(C)=O)cc21. The summed E-state index contributed by atoms with van der Waals surface area (Å²) in [7, 11) is 0. The summed E-state index contributed by atoms with van der Waals surface area (Å²) in [6.07, 6.45) is 2.78. The zero-order valence-corrected chi connectivity index (χ0v) is 14.1. The van der Waals surface area contributed by atoms with Crippen molar-refractivity contribution in [1.82, 2.24) is 9.97 Å². The summed E-state index contributed by atoms with van der Waals surface area (Å²) in [4.78, 5) is 33.8. The van der Waals surface area contributed by atoms with E-state index in [9.17, 15) is 9.59 Å². The maximum absolute atomic E-state index is 12.1. The number of ether oxygens (including phenoxy) is 1. The number of carbonyl (C=O) groups excluding carboxylic acids is 2. The molecule has 1 aliphatic rings. The molecule has 0 radical (unpaired) electrons. The molecule has 0 unspecified atom stereocenters. The number of ketones is 1. The van der Waals surface area contributed by atoms with Crippen molar-refractivity contribution in [2.24, 2.45) is 0 Å². The van der Waals surface area contributed by atoms with Gasteiger partial charge in [0, 0.05) is 11.9 Å². The molecule has 2 aromatic rings. The van der Waals surface area contributed by atoms with Crippen LogP contribution in [-0.4, -0.2) is 34.8 Å². The fourth-order valence-electron chi connectivity index (χ4n) is 2.59. The molecule has 0 saturated carbocycles. The standard InChI is InChI=1S/C18H18N4O3/c1-4-17(24)22-7-8-25-16-6-5-13(9-15(16)22)21-18-14(11(2)23)10-19-12(3)20-18/h4-6,9-10H,1,7-8H2,2-3H3,(H,19,20,21). The molecular weight excluding hydrogens is 320 g/mol. The van der Waals surface area contributed by atoms with Crippen molar-refractivity contribution in [3.63, 3.8) is 0 Å². The molecule has 1 amide bonds. The van der Waals surface area contributed by atoms with E-state index in [1.165, 1.54) is 19.2 Å². The summed E-state index contributed by atoms with van der Waals surface area (Å²) < 4.78 is 5.60. The summed E-state index contributed by atoms with van der Waals surface area (Å²) in [5.41, 5.74) is 1.74. The van der Waals surface area contributed by atoms with E-state index in [1.54, 1.807) is 24.0 Å². The normalized spacial score (nSPS) is 12.8. The second-order valence-corrected chi connectivity index (χ2v) is 5.59. The average molecular weight is 338 g/mol. The van der Waals surface area contributed by atoms with Gasteiger partial charge in [-0.25, -0.2) is 9.97 Å². The summed E-state index contributed by atoms with van der Waals surface area (Å²) in [5, 5.41) is 3.13. The van der Waals surface area contributed by atoms with Gasteiger partial charge in [-0.1, -0.05) is 6.58 Å². The molecule has 0 aliphatic carbocycles. The number of hydrogen-bond donors (Lipinski definition) is 1. The molecule has 1 aromatic carbocycles. The number of anilines is 3. The molecule has 0 saturated heterocycles. The number of carbonyl (C=O) groups is 2. The Kier molecular flexibility index (Phi) is 4.47. The number of nitrogens with zero attached hydrogens (tertiary/aromatic N) is 3. The van der Waals surface area contributed by atoms with Crippen LogP contribution < -0.4 is 15.0 Å². The van der Waals surface area contributed by atoms with Gasteiger partial charge in [0.1, 0.15) is 24.0 Å². The van der Waals surface area contributed by atoms with Crippen LogP contribution in [0.25, 0.3) is 0 Å². The second-order valence-electron chi connectivity index (χ2n) is 5.59. The minimum Gasteiger partial charge on any atom is -0.490 e. The highest BCUT2D eigenvalue weighted by molar-refractivity contribution is 6.03. The number of aryl methyl sites for hydroxylation is 1. The number of aromatic nitrogens is 2. The lowest BCUT2D eigenvalue weighted by atomic mass is 10.2. The van der Waals surface area contributed by atoms with Crippen LogP contribution in [0.15, 0.2) is 37.1 Å². The van der Waals surface area contributed by atoms with Crippen molar-refractivity contribution in [3.8, 4) is 5.75 Å². The molecule has 128 valence electrons. The molecule has 1 N–H and O–H groups in total. The summed E-state index contributed by atoms with van der Waals surface area (Å²) in [5.74, 6) is 1.28. The van der Waals surface area contributed by atoms with Crippen molar-refractivity contribution in [2.45, 2.75) is 13.8 Å². The van der Waals surface area contributed by atoms with E-state index >= 15 is 0 Å². The molecule has 0 spiro atoms. The number of hydrogen-bond acceptors (Lipinski definition) is 6. The Morgan fingerprint density at radius 3 is 2.92 bits per heavy atom. The largest absolute Gasteiger partial charge is 0.490 e. The predicted octanol–water partition coefficient (Wildman–Crippen LogP) is 2.64. The Balaban J connectivity index is 1.98. The zero-order valence-electron chi connectivity index (χ0n) is 14.1. The first-order valence-electron chi connectivity index (χ1n) is 7.82. The van der Waals surface area contributed by atoms with Crippen LogP contribution in [0, 0.1) is 6.92 Å². The first-order valence-corrected chi connectivity index (χ1v) is 7.82. The number of Topliss-reactive ketones (excluding diaryl/α,β-unsaturated/α-hetero) is 1. The first kappa shape index (κ1) is 16.6. The van der Waals surface area contributed by atoms with Gasteiger partial charge < -0.3 is 15.0 Å². The summed E-state index contributed by atoms with van der Waals surface area (Å²) >= 11 is 0. The molecule has 2 heterocycles. The Morgan fingerprint density at radius 2 is 2.20 bits per heavy atom. The molecule has 0 fully saturated rings. The Labute approximate surface area is 145 Å². The van der Waals surface area contributed by atoms with Crippen LogP contribution in [0.4, 0.5) is 17.2 Å². The van der Waals surface area contributed by atoms with Gasteiger partial charge in [-0.15, -0.1) is 0 Å². The van der Waals surface area contributed by atoms with Crippen LogP contribution in [0.2, 0.25) is 0 Å². The van der Waals surface area contributed by atoms with Crippen LogP contribution in [0.3, 0.4) is 0 Å². The third-order valence-electron chi connectivity index (χ3n) is 3.81. The smallest absolute Gasteiger partial charge is 0.250 e. The van der Waals surface area contributed by atoms with E-state index in [1.807, 2.05) is 6.07 Å². The quantitative estimate of drug-likeness (QED) is 0.681. The summed E-state index contributed by atoms with van der Waals surface area (Å²) in [6.45, 7) is 7.63. The van der Waals surface area contributed by atoms with Crippen molar-refractivity contribution in [1.29, 1.82) is 0 Å². The van der Waals surface area contributed by atoms with E-state index in [0.29, 0.717) is 47.5 Å². The molecule has 1 aromatic heterocycles. The first-order chi connectivity index (χ1) is 12.0. The molecule has 25 heavy (non-hydrogen) atoms. The number of nitrogens with one attached hydrogen (secondary N) is 1. The number of amides is 1. The van der Waals surface area contributed by atoms with Crippen LogP contribution >= 0.6 is 0 Å². The third-order valence-corrected chi connectivity index (χ3v) is 3.81. The van der Waals surface area contributed by atoms with E-state index in [-0.39, 0.29) is 11.7 Å². The highest BCUT2D eigenvalue weighted by Gasteiger charge is 2.22. The van der Waals surface area contributed by atoms with E-state index in [2.05, 4.69) is 21.9 Å². The predicted molar refractivity (Wildman–Crippen MR) is 94.5 cm³/mol. The molecule has 0 atom stereocenters. The lowest BCUT2D eigenvalue weighted by molar-refractivity contribution is -0.114. The molecule has 7 heteroatoms. The minimum atomic E-state index is -0.191. The summed E-state index contributed by atoms with van der Waals surface area (Å²) in [6, 6.07) is 5.38. The highest BCUT2D eigenvalue weighted by atomic mass is 16.5. The number of benzene rings is 1. The van der Waals surface area contributed by atoms with E-state index < -0.39 is 0 Å². The maximum atomic E-state index is 12.1. The lowest BCUT2D eigenvalue weighted by Crippen LogP contribution is -2.36. The zero-order chi connectivity index (χ0) is 18.0. The van der Waals surface area contributed by atoms with Gasteiger partial charge in [0.15, 0.2) is 5.78 Å². The van der Waals surface area contributed by atoms with Gasteiger partial charge in [0.2, 0.25) is 0 Å². The lowest BCUT2D eigenvalue weighted by Gasteiger charge is -2.29. The number of fused-ring (bicyclic) bond motifs is 1. The van der Waals surface area contributed by atoms with Crippen molar-refractivity contribution < 1.29 is 14.3 Å². The molecule has 1 aliphatic heterocycles. The highest BCUT2D eigenvalue weighted by Crippen LogP contribution is 2.35. The Bertz CT molecular complexity index is 863. The third kappa shape index (κ3) is 3.35. The van der Waals surface area contributed by atoms with Crippen molar-refractivity contribution in [2.75, 3.05) is 23.4 Å². The van der Waals surface area contributed by atoms with Crippen LogP contribution in [0.1, 0.15) is 23.1 Å². The van der Waals surface area contributed by atoms with E-state index in [0.717, 1.165) is 0 Å². The Morgan fingerprint density at radius 1 is 1.40 bits per heavy atom. The van der Waals surface area contributed by atoms with Crippen LogP contribution in [0.5, 0.6) is 5.75 Å². The van der Waals surface area contributed by atoms with Crippen molar-refractivity contribution in [3.05, 3.63) is 48.4 Å². The number of rotatable bonds is 4. The monoisotopic (exact) mass is 338 g/mol. The van der Waals surface area contributed by atoms with Gasteiger partial charge in [-0.3, -0.25) is 9.59 Å². The average Bonchev–Trinajstić information content (AvgIpc) is 2.60. The fourth-order valence-corrected chi connectivity index (χ4v) is 2.59. The van der Waals surface area contributed by atoms with Gasteiger partial charge in [-0.05, 0) is 38.1 Å². The minimum absolute atomic E-state index is 0.132.